The normalized spacial score (nSPS) is 10.5. The molecule has 0 saturated heterocycles. The molecule has 0 spiro atoms. The smallest absolute Gasteiger partial charge is 0.744 e. The third-order valence-corrected chi connectivity index (χ3v) is 2.84. The van der Waals surface area contributed by atoms with Crippen LogP contribution in [0.25, 0.3) is 6.08 Å². The number of aryl methyl sites for hydroxylation is 1. The van der Waals surface area contributed by atoms with E-state index in [1.807, 2.05) is 6.92 Å². The van der Waals surface area contributed by atoms with Crippen molar-refractivity contribution >= 4 is 16.2 Å². The van der Waals surface area contributed by atoms with E-state index < -0.39 is 10.1 Å². The van der Waals surface area contributed by atoms with Gasteiger partial charge in [0.2, 0.25) is 0 Å². The Morgan fingerprint density at radius 1 is 1.47 bits per heavy atom. The van der Waals surface area contributed by atoms with Crippen LogP contribution in [0.2, 0.25) is 0 Å². The second kappa shape index (κ2) is 6.29. The fourth-order valence-corrected chi connectivity index (χ4v) is 1.76. The minimum atomic E-state index is -4.34. The van der Waals surface area contributed by atoms with Gasteiger partial charge >= 0.3 is 51.4 Å². The van der Waals surface area contributed by atoms with Gasteiger partial charge < -0.3 is 4.55 Å². The van der Waals surface area contributed by atoms with Gasteiger partial charge in [-0.3, -0.25) is 0 Å². The van der Waals surface area contributed by atoms with Crippen LogP contribution >= 0.6 is 0 Å². The Labute approximate surface area is 133 Å². The van der Waals surface area contributed by atoms with Crippen molar-refractivity contribution in [3.05, 3.63) is 35.9 Å². The van der Waals surface area contributed by atoms with Gasteiger partial charge in [-0.05, 0) is 29.7 Å². The molecule has 3 nitrogen and oxygen atoms in total. The molecule has 0 aromatic heterocycles. The molecule has 76 valence electrons. The molecule has 0 aliphatic carbocycles. The van der Waals surface area contributed by atoms with Crippen LogP contribution in [0.15, 0.2) is 29.7 Å². The van der Waals surface area contributed by atoms with Gasteiger partial charge in [0.1, 0.15) is 10.1 Å². The van der Waals surface area contributed by atoms with E-state index in [-0.39, 0.29) is 56.3 Å². The Morgan fingerprint density at radius 3 is 2.47 bits per heavy atom. The largest absolute Gasteiger partial charge is 1.00 e. The van der Waals surface area contributed by atoms with Gasteiger partial charge in [-0.25, -0.2) is 8.42 Å². The van der Waals surface area contributed by atoms with Crippen molar-refractivity contribution in [3.63, 3.8) is 0 Å². The first kappa shape index (κ1) is 15.5. The average Bonchev–Trinajstić information content (AvgIpc) is 2.15. The van der Waals surface area contributed by atoms with Crippen LogP contribution < -0.4 is 51.4 Å². The molecule has 0 atom stereocenters. The summed E-state index contributed by atoms with van der Waals surface area (Å²) in [4.78, 5) is -0.181. The first-order valence-corrected chi connectivity index (χ1v) is 5.61. The fourth-order valence-electron chi connectivity index (χ4n) is 1.24. The molecular weight excluding hydrogens is 239 g/mol. The van der Waals surface area contributed by atoms with E-state index in [9.17, 15) is 13.0 Å². The summed E-state index contributed by atoms with van der Waals surface area (Å²) >= 11 is 0. The van der Waals surface area contributed by atoms with Gasteiger partial charge in [-0.1, -0.05) is 25.6 Å². The molecule has 0 aliphatic rings. The molecule has 0 fully saturated rings. The maximum absolute atomic E-state index is 10.7. The molecule has 0 aliphatic heterocycles. The maximum atomic E-state index is 10.7. The van der Waals surface area contributed by atoms with Gasteiger partial charge in [-0.2, -0.15) is 0 Å². The van der Waals surface area contributed by atoms with Crippen molar-refractivity contribution in [3.8, 4) is 0 Å². The number of hydrogen-bond donors (Lipinski definition) is 0. The molecule has 0 radical (unpaired) electrons. The van der Waals surface area contributed by atoms with E-state index >= 15 is 0 Å². The van der Waals surface area contributed by atoms with Crippen molar-refractivity contribution in [1.29, 1.82) is 0 Å². The minimum absolute atomic E-state index is 0. The van der Waals surface area contributed by atoms with E-state index in [1.54, 1.807) is 12.1 Å². The van der Waals surface area contributed by atoms with Crippen LogP contribution in [-0.2, 0) is 16.5 Å². The Bertz CT molecular complexity index is 452. The SMILES string of the molecule is C=Cc1ccc(S(=O)(=O)[O-])cc1CC.[K+]. The molecule has 1 aromatic rings. The fraction of sp³-hybridized carbons (Fsp3) is 0.200. The standard InChI is InChI=1S/C10H12O3S.K/c1-3-8-5-6-10(14(11,12)13)7-9(8)4-2;/h3,5-7H,1,4H2,2H3,(H,11,12,13);/q;+1/p-1. The third-order valence-electron chi connectivity index (χ3n) is 2.00. The zero-order valence-electron chi connectivity index (χ0n) is 8.86. The Morgan fingerprint density at radius 2 is 2.07 bits per heavy atom. The van der Waals surface area contributed by atoms with Crippen molar-refractivity contribution in [2.75, 3.05) is 0 Å². The van der Waals surface area contributed by atoms with Gasteiger partial charge in [0, 0.05) is 0 Å². The predicted molar refractivity (Wildman–Crippen MR) is 53.9 cm³/mol. The summed E-state index contributed by atoms with van der Waals surface area (Å²) in [5, 5.41) is 0. The summed E-state index contributed by atoms with van der Waals surface area (Å²) in [6, 6.07) is 4.30. The number of benzene rings is 1. The summed E-state index contributed by atoms with van der Waals surface area (Å²) in [6.45, 7) is 5.50. The van der Waals surface area contributed by atoms with Crippen molar-refractivity contribution < 1.29 is 64.4 Å². The first-order chi connectivity index (χ1) is 6.49. The molecule has 1 rings (SSSR count). The van der Waals surface area contributed by atoms with Crippen LogP contribution in [0.3, 0.4) is 0 Å². The van der Waals surface area contributed by atoms with Crippen molar-refractivity contribution in [2.24, 2.45) is 0 Å². The Hall–Kier alpha value is 0.506. The maximum Gasteiger partial charge on any atom is 1.00 e. The number of rotatable bonds is 3. The van der Waals surface area contributed by atoms with Crippen LogP contribution in [0.1, 0.15) is 18.1 Å². The first-order valence-electron chi connectivity index (χ1n) is 4.20. The van der Waals surface area contributed by atoms with E-state index in [0.29, 0.717) is 6.42 Å². The molecule has 0 N–H and O–H groups in total. The molecule has 0 unspecified atom stereocenters. The summed E-state index contributed by atoms with van der Waals surface area (Å²) in [7, 11) is -4.34. The Balaban J connectivity index is 0.00000196. The second-order valence-electron chi connectivity index (χ2n) is 2.87. The minimum Gasteiger partial charge on any atom is -0.744 e. The predicted octanol–water partition coefficient (Wildman–Crippen LogP) is -1.20. The Kier molecular flexibility index (Phi) is 6.51. The second-order valence-corrected chi connectivity index (χ2v) is 4.25. The van der Waals surface area contributed by atoms with E-state index in [2.05, 4.69) is 6.58 Å². The molecule has 15 heavy (non-hydrogen) atoms. The summed E-state index contributed by atoms with van der Waals surface area (Å²) < 4.78 is 32.2. The summed E-state index contributed by atoms with van der Waals surface area (Å²) in [6.07, 6.45) is 2.31. The molecule has 0 saturated carbocycles. The molecule has 0 amide bonds. The quantitative estimate of drug-likeness (QED) is 0.500. The summed E-state index contributed by atoms with van der Waals surface area (Å²) in [5.74, 6) is 0. The van der Waals surface area contributed by atoms with E-state index in [4.69, 9.17) is 0 Å². The monoisotopic (exact) mass is 250 g/mol. The van der Waals surface area contributed by atoms with Crippen molar-refractivity contribution in [2.45, 2.75) is 18.2 Å². The van der Waals surface area contributed by atoms with E-state index in [0.717, 1.165) is 11.1 Å². The van der Waals surface area contributed by atoms with Crippen LogP contribution in [0.5, 0.6) is 0 Å². The van der Waals surface area contributed by atoms with Crippen LogP contribution in [-0.4, -0.2) is 13.0 Å². The van der Waals surface area contributed by atoms with Gasteiger partial charge in [0.25, 0.3) is 0 Å². The average molecular weight is 250 g/mol. The third kappa shape index (κ3) is 4.11. The zero-order chi connectivity index (χ0) is 10.8. The van der Waals surface area contributed by atoms with Gasteiger partial charge in [0.15, 0.2) is 0 Å². The van der Waals surface area contributed by atoms with Gasteiger partial charge in [0.05, 0.1) is 4.90 Å². The van der Waals surface area contributed by atoms with E-state index in [1.165, 1.54) is 12.1 Å². The topological polar surface area (TPSA) is 57.2 Å². The molecule has 0 bridgehead atoms. The van der Waals surface area contributed by atoms with Gasteiger partial charge in [-0.15, -0.1) is 0 Å². The number of hydrogen-bond acceptors (Lipinski definition) is 3. The zero-order valence-corrected chi connectivity index (χ0v) is 12.8. The molecule has 0 heterocycles. The molecular formula is C10H11KO3S. The van der Waals surface area contributed by atoms with Crippen LogP contribution in [0.4, 0.5) is 0 Å². The van der Waals surface area contributed by atoms with Crippen LogP contribution in [0, 0.1) is 0 Å². The molecule has 1 aromatic carbocycles. The summed E-state index contributed by atoms with van der Waals surface area (Å²) in [5.41, 5.74) is 1.68. The van der Waals surface area contributed by atoms with Crippen molar-refractivity contribution in [1.82, 2.24) is 0 Å². The molecule has 5 heteroatoms.